The van der Waals surface area contributed by atoms with Crippen LogP contribution >= 0.6 is 0 Å². The summed E-state index contributed by atoms with van der Waals surface area (Å²) in [6.45, 7) is 19.4. The van der Waals surface area contributed by atoms with Crippen molar-refractivity contribution in [1.29, 1.82) is 0 Å². The normalized spacial score (nSPS) is 16.1. The molecule has 0 saturated heterocycles. The number of hydrogen-bond donors (Lipinski definition) is 6. The summed E-state index contributed by atoms with van der Waals surface area (Å²) in [5, 5.41) is 24.2. The Balaban J connectivity index is 5.94. The van der Waals surface area contributed by atoms with E-state index in [4.69, 9.17) is 4.74 Å². The minimum Gasteiger partial charge on any atom is -0.444 e. The molecule has 6 atom stereocenters. The number of rotatable bonds is 18. The van der Waals surface area contributed by atoms with Crippen LogP contribution in [-0.4, -0.2) is 97.7 Å². The summed E-state index contributed by atoms with van der Waals surface area (Å²) in [7, 11) is -3.78. The van der Waals surface area contributed by atoms with E-state index in [0.29, 0.717) is 6.54 Å². The van der Waals surface area contributed by atoms with Crippen molar-refractivity contribution in [3.8, 4) is 0 Å². The summed E-state index contributed by atoms with van der Waals surface area (Å²) in [6.07, 6.45) is -0.939. The average Bonchev–Trinajstić information content (AvgIpc) is 2.86. The number of hydrogen-bond acceptors (Lipinski definition) is 9. The fourth-order valence-electron chi connectivity index (χ4n) is 4.57. The molecule has 0 aliphatic heterocycles. The maximum absolute atomic E-state index is 13.5. The highest BCUT2D eigenvalue weighted by atomic mass is 32.2. The van der Waals surface area contributed by atoms with Gasteiger partial charge in [0.15, 0.2) is 0 Å². The van der Waals surface area contributed by atoms with Crippen molar-refractivity contribution in [3.05, 3.63) is 0 Å². The maximum atomic E-state index is 13.5. The maximum Gasteiger partial charge on any atom is 0.408 e. The van der Waals surface area contributed by atoms with Gasteiger partial charge < -0.3 is 36.4 Å². The summed E-state index contributed by atoms with van der Waals surface area (Å²) in [4.78, 5) is 64.5. The third-order valence-corrected chi connectivity index (χ3v) is 7.82. The standard InChI is InChI=1S/C31H59N5O9S/c1-13-32-28(40)24(18(4)5)35-26(38)20(8)15-23(37)21(14-17(2)3)33-27(39)22(16-46(12,43)44)34-29(41)25(19(6)7)36-30(42)45-31(9,10)11/h17-25,37H,13-16H2,1-12H3,(H,32,40)(H,33,39)(H,34,41)(H,35,38)(H,36,42)/t20-,21+,22+,23+,24+,25+/m1/s1. The zero-order valence-corrected chi connectivity index (χ0v) is 30.5. The van der Waals surface area contributed by atoms with Gasteiger partial charge in [-0.15, -0.1) is 0 Å². The van der Waals surface area contributed by atoms with Gasteiger partial charge in [-0.05, 0) is 58.3 Å². The van der Waals surface area contributed by atoms with Crippen molar-refractivity contribution < 1.29 is 42.2 Å². The van der Waals surface area contributed by atoms with E-state index < -0.39 is 87.1 Å². The largest absolute Gasteiger partial charge is 0.444 e. The molecule has 0 aromatic heterocycles. The van der Waals surface area contributed by atoms with Crippen LogP contribution in [0.3, 0.4) is 0 Å². The Hall–Kier alpha value is -2.94. The Morgan fingerprint density at radius 2 is 1.26 bits per heavy atom. The molecule has 0 aliphatic rings. The molecule has 0 rings (SSSR count). The van der Waals surface area contributed by atoms with Crippen molar-refractivity contribution in [3.63, 3.8) is 0 Å². The molecule has 46 heavy (non-hydrogen) atoms. The third kappa shape index (κ3) is 17.1. The van der Waals surface area contributed by atoms with Crippen molar-refractivity contribution in [2.45, 2.75) is 125 Å². The number of ether oxygens (including phenoxy) is 1. The van der Waals surface area contributed by atoms with Crippen LogP contribution in [0.25, 0.3) is 0 Å². The molecule has 14 nitrogen and oxygen atoms in total. The first-order valence-electron chi connectivity index (χ1n) is 15.9. The summed E-state index contributed by atoms with van der Waals surface area (Å²) in [6, 6.07) is -4.35. The highest BCUT2D eigenvalue weighted by Gasteiger charge is 2.35. The van der Waals surface area contributed by atoms with E-state index >= 15 is 0 Å². The molecule has 0 unspecified atom stereocenters. The lowest BCUT2D eigenvalue weighted by atomic mass is 9.91. The number of sulfone groups is 1. The number of aliphatic hydroxyl groups is 1. The van der Waals surface area contributed by atoms with Gasteiger partial charge in [-0.25, -0.2) is 13.2 Å². The molecule has 0 saturated carbocycles. The molecule has 5 amide bonds. The Labute approximate surface area is 275 Å². The second kappa shape index (κ2) is 19.0. The van der Waals surface area contributed by atoms with E-state index in [0.717, 1.165) is 6.26 Å². The Morgan fingerprint density at radius 3 is 1.70 bits per heavy atom. The van der Waals surface area contributed by atoms with Crippen molar-refractivity contribution >= 4 is 39.6 Å². The topological polar surface area (TPSA) is 209 Å². The lowest BCUT2D eigenvalue weighted by Crippen LogP contribution is -2.59. The number of alkyl carbamates (subject to hydrolysis) is 1. The van der Waals surface area contributed by atoms with E-state index in [1.54, 1.807) is 62.3 Å². The zero-order valence-electron chi connectivity index (χ0n) is 29.6. The van der Waals surface area contributed by atoms with Gasteiger partial charge >= 0.3 is 6.09 Å². The lowest BCUT2D eigenvalue weighted by molar-refractivity contribution is -0.132. The van der Waals surface area contributed by atoms with Gasteiger partial charge in [-0.1, -0.05) is 48.5 Å². The molecule has 0 spiro atoms. The van der Waals surface area contributed by atoms with E-state index in [1.807, 2.05) is 13.8 Å². The molecular weight excluding hydrogens is 618 g/mol. The minimum absolute atomic E-state index is 0.0153. The van der Waals surface area contributed by atoms with E-state index in [1.165, 1.54) is 0 Å². The SMILES string of the molecule is CCNC(=O)[C@@H](NC(=O)[C@H](C)C[C@H](O)[C@H](CC(C)C)NC(=O)[C@H](CS(C)(=O)=O)NC(=O)[C@@H](NC(=O)OC(C)(C)C)C(C)C)C(C)C. The lowest BCUT2D eigenvalue weighted by Gasteiger charge is -2.30. The summed E-state index contributed by atoms with van der Waals surface area (Å²) < 4.78 is 29.8. The quantitative estimate of drug-likeness (QED) is 0.123. The number of likely N-dealkylation sites (N-methyl/N-ethyl adjacent to an activating group) is 1. The van der Waals surface area contributed by atoms with E-state index in [2.05, 4.69) is 26.6 Å². The first-order chi connectivity index (χ1) is 20.9. The monoisotopic (exact) mass is 677 g/mol. The number of nitrogens with one attached hydrogen (secondary N) is 5. The van der Waals surface area contributed by atoms with Crippen LogP contribution in [0.15, 0.2) is 0 Å². The fraction of sp³-hybridized carbons (Fsp3) is 0.839. The Bertz CT molecular complexity index is 1140. The molecule has 15 heteroatoms. The highest BCUT2D eigenvalue weighted by molar-refractivity contribution is 7.90. The fourth-order valence-corrected chi connectivity index (χ4v) is 5.41. The summed E-state index contributed by atoms with van der Waals surface area (Å²) >= 11 is 0. The molecule has 6 N–H and O–H groups in total. The third-order valence-electron chi connectivity index (χ3n) is 6.88. The van der Waals surface area contributed by atoms with Crippen molar-refractivity contribution in [1.82, 2.24) is 26.6 Å². The van der Waals surface area contributed by atoms with Gasteiger partial charge in [0.2, 0.25) is 23.6 Å². The first-order valence-corrected chi connectivity index (χ1v) is 18.0. The van der Waals surface area contributed by atoms with Gasteiger partial charge in [0.05, 0.1) is 17.9 Å². The minimum atomic E-state index is -3.78. The number of carbonyl (C=O) groups excluding carboxylic acids is 5. The van der Waals surface area contributed by atoms with Crippen LogP contribution in [-0.2, 0) is 33.8 Å². The molecule has 0 bridgehead atoms. The predicted molar refractivity (Wildman–Crippen MR) is 176 cm³/mol. The van der Waals surface area contributed by atoms with Gasteiger partial charge in [-0.3, -0.25) is 19.2 Å². The van der Waals surface area contributed by atoms with Gasteiger partial charge in [0, 0.05) is 18.7 Å². The first kappa shape index (κ1) is 43.1. The summed E-state index contributed by atoms with van der Waals surface area (Å²) in [5.74, 6) is -4.52. The smallest absolute Gasteiger partial charge is 0.408 e. The molecular formula is C31H59N5O9S. The van der Waals surface area contributed by atoms with Crippen molar-refractivity contribution in [2.75, 3.05) is 18.6 Å². The Morgan fingerprint density at radius 1 is 0.739 bits per heavy atom. The second-order valence-electron chi connectivity index (χ2n) is 14.1. The summed E-state index contributed by atoms with van der Waals surface area (Å²) in [5.41, 5.74) is -0.828. The van der Waals surface area contributed by atoms with Gasteiger partial charge in [0.1, 0.15) is 33.6 Å². The molecule has 0 heterocycles. The molecule has 0 fully saturated rings. The van der Waals surface area contributed by atoms with Crippen LogP contribution in [0.1, 0.15) is 89.0 Å². The van der Waals surface area contributed by atoms with E-state index in [9.17, 15) is 37.5 Å². The number of aliphatic hydroxyl groups excluding tert-OH is 1. The number of carbonyl (C=O) groups is 5. The zero-order chi connectivity index (χ0) is 36.2. The average molecular weight is 678 g/mol. The second-order valence-corrected chi connectivity index (χ2v) is 16.3. The van der Waals surface area contributed by atoms with Crippen LogP contribution in [0.4, 0.5) is 4.79 Å². The van der Waals surface area contributed by atoms with Crippen LogP contribution in [0.5, 0.6) is 0 Å². The predicted octanol–water partition coefficient (Wildman–Crippen LogP) is 1.26. The molecule has 0 radical (unpaired) electrons. The van der Waals surface area contributed by atoms with Crippen LogP contribution < -0.4 is 26.6 Å². The van der Waals surface area contributed by atoms with Crippen LogP contribution in [0, 0.1) is 23.7 Å². The van der Waals surface area contributed by atoms with Gasteiger partial charge in [0.25, 0.3) is 0 Å². The Kier molecular flexibility index (Phi) is 17.8. The van der Waals surface area contributed by atoms with Gasteiger partial charge in [-0.2, -0.15) is 0 Å². The molecule has 0 aliphatic carbocycles. The molecule has 268 valence electrons. The van der Waals surface area contributed by atoms with Crippen LogP contribution in [0.2, 0.25) is 0 Å². The molecule has 0 aromatic carbocycles. The van der Waals surface area contributed by atoms with E-state index in [-0.39, 0.29) is 30.6 Å². The molecule has 0 aromatic rings. The number of amides is 5. The van der Waals surface area contributed by atoms with Crippen molar-refractivity contribution in [2.24, 2.45) is 23.7 Å². The highest BCUT2D eigenvalue weighted by Crippen LogP contribution is 2.17.